The van der Waals surface area contributed by atoms with E-state index in [0.717, 1.165) is 5.56 Å². The maximum Gasteiger partial charge on any atom is 0.417 e. The van der Waals surface area contributed by atoms with Crippen LogP contribution in [0, 0.1) is 0 Å². The molecule has 1 aliphatic rings. The molecule has 0 saturated carbocycles. The van der Waals surface area contributed by atoms with Gasteiger partial charge in [-0.25, -0.2) is 9.69 Å². The molecule has 1 aliphatic heterocycles. The van der Waals surface area contributed by atoms with Gasteiger partial charge < -0.3 is 4.74 Å². The molecule has 0 aliphatic carbocycles. The molecule has 1 aromatic carbocycles. The smallest absolute Gasteiger partial charge is 0.417 e. The van der Waals surface area contributed by atoms with Crippen LogP contribution in [0.3, 0.4) is 0 Å². The number of rotatable bonds is 2. The molecule has 1 unspecified atom stereocenters. The first-order chi connectivity index (χ1) is 8.15. The Morgan fingerprint density at radius 2 is 2.00 bits per heavy atom. The molecule has 2 rings (SSSR count). The van der Waals surface area contributed by atoms with Crippen molar-refractivity contribution < 1.29 is 14.3 Å². The van der Waals surface area contributed by atoms with Crippen molar-refractivity contribution in [3.05, 3.63) is 35.9 Å². The van der Waals surface area contributed by atoms with Gasteiger partial charge >= 0.3 is 6.09 Å². The van der Waals surface area contributed by atoms with Gasteiger partial charge in [0.1, 0.15) is 6.10 Å². The van der Waals surface area contributed by atoms with Crippen LogP contribution in [0.2, 0.25) is 0 Å². The average Bonchev–Trinajstić information content (AvgIpc) is 2.65. The van der Waals surface area contributed by atoms with E-state index in [1.807, 2.05) is 37.3 Å². The zero-order valence-corrected chi connectivity index (χ0v) is 9.92. The van der Waals surface area contributed by atoms with Crippen molar-refractivity contribution in [1.82, 2.24) is 4.90 Å². The summed E-state index contributed by atoms with van der Waals surface area (Å²) in [4.78, 5) is 24.5. The Morgan fingerprint density at radius 1 is 1.35 bits per heavy atom. The van der Waals surface area contributed by atoms with Crippen molar-refractivity contribution in [3.63, 3.8) is 0 Å². The molecule has 1 fully saturated rings. The van der Waals surface area contributed by atoms with Gasteiger partial charge in [-0.3, -0.25) is 4.79 Å². The van der Waals surface area contributed by atoms with Crippen LogP contribution in [0.1, 0.15) is 31.9 Å². The fraction of sp³-hybridized carbons (Fsp3) is 0.385. The molecule has 0 spiro atoms. The molecule has 1 saturated heterocycles. The summed E-state index contributed by atoms with van der Waals surface area (Å²) in [5.74, 6) is -0.194. The predicted octanol–water partition coefficient (Wildman–Crippen LogP) is 2.51. The van der Waals surface area contributed by atoms with Crippen LogP contribution in [0.25, 0.3) is 0 Å². The Labute approximate surface area is 100 Å². The number of ether oxygens (including phenoxy) is 1. The first-order valence-corrected chi connectivity index (χ1v) is 5.72. The third-order valence-electron chi connectivity index (χ3n) is 2.97. The Morgan fingerprint density at radius 3 is 2.59 bits per heavy atom. The summed E-state index contributed by atoms with van der Waals surface area (Å²) in [5, 5.41) is 0. The molecule has 17 heavy (non-hydrogen) atoms. The minimum Gasteiger partial charge on any atom is -0.439 e. The van der Waals surface area contributed by atoms with Crippen LogP contribution in [0.5, 0.6) is 0 Å². The van der Waals surface area contributed by atoms with Gasteiger partial charge in [-0.1, -0.05) is 37.3 Å². The molecular weight excluding hydrogens is 218 g/mol. The van der Waals surface area contributed by atoms with E-state index in [1.54, 1.807) is 6.92 Å². The summed E-state index contributed by atoms with van der Waals surface area (Å²) in [6.07, 6.45) is -0.599. The molecule has 2 amide bonds. The fourth-order valence-corrected chi connectivity index (χ4v) is 2.05. The number of hydrogen-bond acceptors (Lipinski definition) is 3. The molecule has 4 nitrogen and oxygen atoms in total. The van der Waals surface area contributed by atoms with Crippen molar-refractivity contribution in [1.29, 1.82) is 0 Å². The highest BCUT2D eigenvalue weighted by atomic mass is 16.6. The fourth-order valence-electron chi connectivity index (χ4n) is 2.05. The molecule has 2 atom stereocenters. The Hall–Kier alpha value is -1.84. The maximum atomic E-state index is 11.7. The first-order valence-electron chi connectivity index (χ1n) is 5.72. The van der Waals surface area contributed by atoms with E-state index >= 15 is 0 Å². The quantitative estimate of drug-likeness (QED) is 0.788. The number of nitrogens with zero attached hydrogens (tertiary/aromatic N) is 1. The van der Waals surface area contributed by atoms with Gasteiger partial charge in [0.25, 0.3) is 0 Å². The largest absolute Gasteiger partial charge is 0.439 e. The molecule has 0 aromatic heterocycles. The van der Waals surface area contributed by atoms with E-state index in [1.165, 1.54) is 4.90 Å². The number of carbonyl (C=O) groups excluding carboxylic acids is 2. The first kappa shape index (κ1) is 11.6. The van der Waals surface area contributed by atoms with Crippen LogP contribution in [-0.4, -0.2) is 22.9 Å². The highest BCUT2D eigenvalue weighted by Gasteiger charge is 2.42. The number of amides is 2. The minimum absolute atomic E-state index is 0.194. The van der Waals surface area contributed by atoms with Gasteiger partial charge in [0.2, 0.25) is 5.91 Å². The SMILES string of the molecule is CCC(=O)N1C(=O)OC(c2ccccc2)[C@@H]1C. The van der Waals surface area contributed by atoms with Gasteiger partial charge in [-0.05, 0) is 12.5 Å². The van der Waals surface area contributed by atoms with Crippen LogP contribution in [0.4, 0.5) is 4.79 Å². The molecule has 4 heteroatoms. The number of benzene rings is 1. The van der Waals surface area contributed by atoms with Gasteiger partial charge in [-0.15, -0.1) is 0 Å². The van der Waals surface area contributed by atoms with Gasteiger partial charge in [0.15, 0.2) is 0 Å². The molecule has 0 radical (unpaired) electrons. The van der Waals surface area contributed by atoms with Crippen molar-refractivity contribution in [3.8, 4) is 0 Å². The third-order valence-corrected chi connectivity index (χ3v) is 2.97. The summed E-state index contributed by atoms with van der Waals surface area (Å²) in [6.45, 7) is 3.56. The van der Waals surface area contributed by atoms with E-state index < -0.39 is 6.09 Å². The third kappa shape index (κ3) is 2.02. The van der Waals surface area contributed by atoms with E-state index in [-0.39, 0.29) is 18.1 Å². The highest BCUT2D eigenvalue weighted by molar-refractivity contribution is 5.93. The lowest BCUT2D eigenvalue weighted by atomic mass is 10.0. The van der Waals surface area contributed by atoms with Crippen molar-refractivity contribution in [2.45, 2.75) is 32.4 Å². The van der Waals surface area contributed by atoms with Gasteiger partial charge in [0, 0.05) is 6.42 Å². The Kier molecular flexibility index (Phi) is 3.13. The predicted molar refractivity (Wildman–Crippen MR) is 62.3 cm³/mol. The van der Waals surface area contributed by atoms with Crippen LogP contribution in [-0.2, 0) is 9.53 Å². The van der Waals surface area contributed by atoms with Crippen molar-refractivity contribution >= 4 is 12.0 Å². The summed E-state index contributed by atoms with van der Waals surface area (Å²) in [5.41, 5.74) is 0.916. The lowest BCUT2D eigenvalue weighted by molar-refractivity contribution is -0.128. The summed E-state index contributed by atoms with van der Waals surface area (Å²) in [7, 11) is 0. The average molecular weight is 233 g/mol. The second kappa shape index (κ2) is 4.57. The lowest BCUT2D eigenvalue weighted by Crippen LogP contribution is -2.37. The second-order valence-corrected chi connectivity index (χ2v) is 4.07. The van der Waals surface area contributed by atoms with Crippen LogP contribution in [0.15, 0.2) is 30.3 Å². The van der Waals surface area contributed by atoms with Crippen LogP contribution < -0.4 is 0 Å². The van der Waals surface area contributed by atoms with Gasteiger partial charge in [0.05, 0.1) is 6.04 Å². The Balaban J connectivity index is 2.24. The zero-order chi connectivity index (χ0) is 12.4. The normalized spacial score (nSPS) is 23.6. The standard InChI is InChI=1S/C13H15NO3/c1-3-11(15)14-9(2)12(17-13(14)16)10-7-5-4-6-8-10/h4-9,12H,3H2,1-2H3/t9-,12?/m0/s1. The summed E-state index contributed by atoms with van der Waals surface area (Å²) in [6, 6.07) is 9.22. The van der Waals surface area contributed by atoms with E-state index in [9.17, 15) is 9.59 Å². The molecular formula is C13H15NO3. The number of carbonyl (C=O) groups is 2. The van der Waals surface area contributed by atoms with E-state index in [2.05, 4.69) is 0 Å². The van der Waals surface area contributed by atoms with Crippen molar-refractivity contribution in [2.75, 3.05) is 0 Å². The second-order valence-electron chi connectivity index (χ2n) is 4.07. The van der Waals surface area contributed by atoms with Crippen molar-refractivity contribution in [2.24, 2.45) is 0 Å². The number of cyclic esters (lactones) is 1. The van der Waals surface area contributed by atoms with Gasteiger partial charge in [-0.2, -0.15) is 0 Å². The summed E-state index contributed by atoms with van der Waals surface area (Å²) < 4.78 is 5.26. The highest BCUT2D eigenvalue weighted by Crippen LogP contribution is 2.32. The molecule has 1 heterocycles. The monoisotopic (exact) mass is 233 g/mol. The van der Waals surface area contributed by atoms with E-state index in [4.69, 9.17) is 4.74 Å². The topological polar surface area (TPSA) is 46.6 Å². The number of hydrogen-bond donors (Lipinski definition) is 0. The molecule has 0 N–H and O–H groups in total. The maximum absolute atomic E-state index is 11.7. The molecule has 0 bridgehead atoms. The van der Waals surface area contributed by atoms with Crippen LogP contribution >= 0.6 is 0 Å². The van der Waals surface area contributed by atoms with E-state index in [0.29, 0.717) is 6.42 Å². The molecule has 90 valence electrons. The summed E-state index contributed by atoms with van der Waals surface area (Å²) >= 11 is 0. The number of imide groups is 1. The zero-order valence-electron chi connectivity index (χ0n) is 9.92. The lowest BCUT2D eigenvalue weighted by Gasteiger charge is -2.18. The minimum atomic E-state index is -0.543. The Bertz CT molecular complexity index is 430. The molecule has 1 aromatic rings.